The summed E-state index contributed by atoms with van der Waals surface area (Å²) >= 11 is 0. The fourth-order valence-electron chi connectivity index (χ4n) is 4.45. The second-order valence-electron chi connectivity index (χ2n) is 7.72. The van der Waals surface area contributed by atoms with Gasteiger partial charge < -0.3 is 9.97 Å². The summed E-state index contributed by atoms with van der Waals surface area (Å²) in [6.07, 6.45) is 0. The summed E-state index contributed by atoms with van der Waals surface area (Å²) in [5.41, 5.74) is 6.97. The van der Waals surface area contributed by atoms with E-state index >= 15 is 0 Å². The van der Waals surface area contributed by atoms with Crippen LogP contribution in [0.15, 0.2) is 24.3 Å². The van der Waals surface area contributed by atoms with Crippen LogP contribution >= 0.6 is 0 Å². The number of nitrogens with one attached hydrogen (secondary N) is 2. The van der Waals surface area contributed by atoms with Crippen LogP contribution in [-0.4, -0.2) is 26.5 Å². The fraction of sp³-hybridized carbons (Fsp3) is 0.304. The van der Waals surface area contributed by atoms with Gasteiger partial charge in [0.05, 0.1) is 10.8 Å². The van der Waals surface area contributed by atoms with Crippen molar-refractivity contribution < 1.29 is 14.5 Å². The van der Waals surface area contributed by atoms with Gasteiger partial charge in [-0.2, -0.15) is 0 Å². The molecule has 0 aliphatic carbocycles. The highest BCUT2D eigenvalue weighted by Gasteiger charge is 2.29. The maximum atomic E-state index is 12.2. The fourth-order valence-corrected chi connectivity index (χ4v) is 4.45. The summed E-state index contributed by atoms with van der Waals surface area (Å²) in [6.45, 7) is 10.6. The third-order valence-electron chi connectivity index (χ3n) is 5.67. The molecular weight excluding hydrogens is 382 g/mol. The molecule has 3 rings (SSSR count). The van der Waals surface area contributed by atoms with Gasteiger partial charge in [0, 0.05) is 46.0 Å². The van der Waals surface area contributed by atoms with Crippen LogP contribution in [0.1, 0.15) is 79.9 Å². The number of non-ortho nitro benzene ring substituents is 1. The number of carbonyl (C=O) groups excluding carboxylic acids is 2. The number of hydrogen-bond acceptors (Lipinski definition) is 4. The van der Waals surface area contributed by atoms with E-state index in [1.165, 1.54) is 26.0 Å². The van der Waals surface area contributed by atoms with Crippen LogP contribution in [-0.2, 0) is 0 Å². The van der Waals surface area contributed by atoms with Crippen LogP contribution in [0.2, 0.25) is 0 Å². The van der Waals surface area contributed by atoms with Crippen LogP contribution in [0.3, 0.4) is 0 Å². The highest BCUT2D eigenvalue weighted by molar-refractivity contribution is 5.98. The zero-order valence-electron chi connectivity index (χ0n) is 18.0. The number of Topliss-reactive ketones (excluding diaryl/α,β-unsaturated/α-hetero) is 2. The average Bonchev–Trinajstić information content (AvgIpc) is 3.11. The van der Waals surface area contributed by atoms with Gasteiger partial charge in [0.25, 0.3) is 5.69 Å². The maximum absolute atomic E-state index is 12.2. The van der Waals surface area contributed by atoms with Gasteiger partial charge in [-0.3, -0.25) is 19.7 Å². The minimum Gasteiger partial charge on any atom is -0.361 e. The standard InChI is InChI=1S/C23H25N3O4/c1-11-19(15(5)27)13(3)24-22(11)21(17-7-9-18(10-8-17)26(29)30)23-12(2)20(16(6)28)14(4)25-23/h7-10,21,24-25H,1-6H3. The van der Waals surface area contributed by atoms with Crippen molar-refractivity contribution in [2.75, 3.05) is 0 Å². The summed E-state index contributed by atoms with van der Waals surface area (Å²) in [5, 5.41) is 11.1. The Bertz CT molecular complexity index is 1100. The van der Waals surface area contributed by atoms with E-state index in [0.717, 1.165) is 39.5 Å². The molecule has 0 aliphatic heterocycles. The van der Waals surface area contributed by atoms with Crippen LogP contribution in [0.5, 0.6) is 0 Å². The van der Waals surface area contributed by atoms with Gasteiger partial charge in [-0.05, 0) is 58.2 Å². The molecule has 30 heavy (non-hydrogen) atoms. The average molecular weight is 407 g/mol. The molecule has 1 aromatic carbocycles. The summed E-state index contributed by atoms with van der Waals surface area (Å²) in [4.78, 5) is 41.7. The monoisotopic (exact) mass is 407 g/mol. The quantitative estimate of drug-likeness (QED) is 0.338. The SMILES string of the molecule is CC(=O)c1c(C)[nH]c(C(c2ccc([N+](=O)[O-])cc2)c2[nH]c(C)c(C(C)=O)c2C)c1C. The maximum Gasteiger partial charge on any atom is 0.269 e. The predicted molar refractivity (Wildman–Crippen MR) is 115 cm³/mol. The van der Waals surface area contributed by atoms with Crippen LogP contribution in [0.25, 0.3) is 0 Å². The molecule has 0 fully saturated rings. The highest BCUT2D eigenvalue weighted by Crippen LogP contribution is 2.38. The summed E-state index contributed by atoms with van der Waals surface area (Å²) in [6, 6.07) is 6.37. The molecule has 2 aromatic heterocycles. The lowest BCUT2D eigenvalue weighted by atomic mass is 9.87. The van der Waals surface area contributed by atoms with Crippen LogP contribution in [0.4, 0.5) is 5.69 Å². The van der Waals surface area contributed by atoms with E-state index < -0.39 is 4.92 Å². The number of rotatable bonds is 6. The van der Waals surface area contributed by atoms with E-state index in [1.807, 2.05) is 27.7 Å². The van der Waals surface area contributed by atoms with Gasteiger partial charge in [-0.1, -0.05) is 12.1 Å². The zero-order chi connectivity index (χ0) is 22.3. The Morgan fingerprint density at radius 2 is 1.23 bits per heavy atom. The first kappa shape index (κ1) is 21.2. The largest absolute Gasteiger partial charge is 0.361 e. The van der Waals surface area contributed by atoms with E-state index in [4.69, 9.17) is 0 Å². The molecule has 0 spiro atoms. The number of nitrogens with zero attached hydrogens (tertiary/aromatic N) is 1. The first-order chi connectivity index (χ1) is 14.0. The molecule has 7 nitrogen and oxygen atoms in total. The van der Waals surface area contributed by atoms with Crippen molar-refractivity contribution in [2.45, 2.75) is 47.5 Å². The van der Waals surface area contributed by atoms with Crippen molar-refractivity contribution in [3.8, 4) is 0 Å². The number of aromatic amines is 2. The number of nitro groups is 1. The molecule has 156 valence electrons. The number of H-pyrrole nitrogens is 2. The zero-order valence-corrected chi connectivity index (χ0v) is 18.0. The number of aromatic nitrogens is 2. The molecule has 0 atom stereocenters. The number of hydrogen-bond donors (Lipinski definition) is 2. The van der Waals surface area contributed by atoms with Crippen molar-refractivity contribution in [1.82, 2.24) is 9.97 Å². The minimum atomic E-state index is -0.436. The molecule has 2 N–H and O–H groups in total. The lowest BCUT2D eigenvalue weighted by molar-refractivity contribution is -0.384. The molecule has 0 aliphatic rings. The molecule has 0 amide bonds. The van der Waals surface area contributed by atoms with Crippen LogP contribution in [0, 0.1) is 37.8 Å². The number of carbonyl (C=O) groups is 2. The lowest BCUT2D eigenvalue weighted by Crippen LogP contribution is -2.08. The van der Waals surface area contributed by atoms with Crippen molar-refractivity contribution in [3.05, 3.63) is 85.0 Å². The summed E-state index contributed by atoms with van der Waals surface area (Å²) < 4.78 is 0. The van der Waals surface area contributed by atoms with E-state index in [1.54, 1.807) is 12.1 Å². The van der Waals surface area contributed by atoms with Gasteiger partial charge in [0.1, 0.15) is 0 Å². The van der Waals surface area contributed by atoms with Crippen molar-refractivity contribution in [3.63, 3.8) is 0 Å². The van der Waals surface area contributed by atoms with Crippen molar-refractivity contribution in [1.29, 1.82) is 0 Å². The Balaban J connectivity index is 2.30. The van der Waals surface area contributed by atoms with Crippen LogP contribution < -0.4 is 0 Å². The van der Waals surface area contributed by atoms with E-state index in [-0.39, 0.29) is 23.2 Å². The summed E-state index contributed by atoms with van der Waals surface area (Å²) in [5.74, 6) is -0.401. The van der Waals surface area contributed by atoms with E-state index in [9.17, 15) is 19.7 Å². The van der Waals surface area contributed by atoms with Crippen molar-refractivity contribution in [2.24, 2.45) is 0 Å². The third kappa shape index (κ3) is 3.47. The Morgan fingerprint density at radius 1 is 0.833 bits per heavy atom. The Labute approximate surface area is 174 Å². The summed E-state index contributed by atoms with van der Waals surface area (Å²) in [7, 11) is 0. The minimum absolute atomic E-state index is 0.00475. The molecule has 0 unspecified atom stereocenters. The molecule has 3 aromatic rings. The molecular formula is C23H25N3O4. The van der Waals surface area contributed by atoms with E-state index in [2.05, 4.69) is 9.97 Å². The smallest absolute Gasteiger partial charge is 0.269 e. The first-order valence-electron chi connectivity index (χ1n) is 9.68. The number of nitro benzene ring substituents is 1. The first-order valence-corrected chi connectivity index (χ1v) is 9.68. The Hall–Kier alpha value is -3.48. The number of aryl methyl sites for hydroxylation is 2. The third-order valence-corrected chi connectivity index (χ3v) is 5.67. The topological polar surface area (TPSA) is 109 Å². The second kappa shape index (κ2) is 7.74. The van der Waals surface area contributed by atoms with Gasteiger partial charge in [0.2, 0.25) is 0 Å². The molecule has 7 heteroatoms. The molecule has 2 heterocycles. The normalized spacial score (nSPS) is 11.2. The van der Waals surface area contributed by atoms with Gasteiger partial charge in [-0.25, -0.2) is 0 Å². The molecule has 0 radical (unpaired) electrons. The van der Waals surface area contributed by atoms with Crippen molar-refractivity contribution >= 4 is 17.3 Å². The molecule has 0 saturated heterocycles. The molecule has 0 saturated carbocycles. The van der Waals surface area contributed by atoms with Gasteiger partial charge in [-0.15, -0.1) is 0 Å². The van der Waals surface area contributed by atoms with Gasteiger partial charge >= 0.3 is 0 Å². The highest BCUT2D eigenvalue weighted by atomic mass is 16.6. The number of ketones is 2. The van der Waals surface area contributed by atoms with Gasteiger partial charge in [0.15, 0.2) is 11.6 Å². The molecule has 0 bridgehead atoms. The lowest BCUT2D eigenvalue weighted by Gasteiger charge is -2.18. The van der Waals surface area contributed by atoms with E-state index in [0.29, 0.717) is 11.1 Å². The predicted octanol–water partition coefficient (Wildman–Crippen LogP) is 5.07. The Kier molecular flexibility index (Phi) is 5.48. The second-order valence-corrected chi connectivity index (χ2v) is 7.72. The Morgan fingerprint density at radius 3 is 1.53 bits per heavy atom. The number of benzene rings is 1.